The SMILES string of the molecule is CCOC(=O)c1c(-c2cccc(C(C)C)c2)c2ccccc2n1Cc1cccc(OCC2CC2)c1. The minimum absolute atomic E-state index is 0.296. The van der Waals surface area contributed by atoms with Gasteiger partial charge in [-0.25, -0.2) is 4.79 Å². The number of ether oxygens (including phenoxy) is 2. The summed E-state index contributed by atoms with van der Waals surface area (Å²) in [5, 5.41) is 1.05. The van der Waals surface area contributed by atoms with E-state index in [1.54, 1.807) is 0 Å². The first-order valence-corrected chi connectivity index (χ1v) is 12.7. The number of hydrogen-bond donors (Lipinski definition) is 0. The molecule has 1 aliphatic carbocycles. The lowest BCUT2D eigenvalue weighted by molar-refractivity contribution is 0.0516. The van der Waals surface area contributed by atoms with Crippen molar-refractivity contribution >= 4 is 16.9 Å². The van der Waals surface area contributed by atoms with Crippen LogP contribution in [0.5, 0.6) is 5.75 Å². The van der Waals surface area contributed by atoms with Gasteiger partial charge in [0, 0.05) is 23.0 Å². The van der Waals surface area contributed by atoms with Gasteiger partial charge in [0.2, 0.25) is 0 Å². The monoisotopic (exact) mass is 467 g/mol. The second-order valence-electron chi connectivity index (χ2n) is 9.73. The van der Waals surface area contributed by atoms with Crippen molar-refractivity contribution in [1.82, 2.24) is 4.57 Å². The Kier molecular flexibility index (Phi) is 6.63. The van der Waals surface area contributed by atoms with E-state index in [4.69, 9.17) is 9.47 Å². The topological polar surface area (TPSA) is 40.5 Å². The van der Waals surface area contributed by atoms with Crippen LogP contribution in [0.4, 0.5) is 0 Å². The molecule has 0 N–H and O–H groups in total. The molecular formula is C31H33NO3. The van der Waals surface area contributed by atoms with E-state index in [0.717, 1.165) is 39.9 Å². The van der Waals surface area contributed by atoms with Crippen LogP contribution in [0.15, 0.2) is 72.8 Å². The minimum atomic E-state index is -0.296. The van der Waals surface area contributed by atoms with Crippen LogP contribution in [-0.2, 0) is 11.3 Å². The van der Waals surface area contributed by atoms with Gasteiger partial charge in [0.15, 0.2) is 0 Å². The fraction of sp³-hybridized carbons (Fsp3) is 0.323. The van der Waals surface area contributed by atoms with Crippen molar-refractivity contribution in [2.24, 2.45) is 5.92 Å². The van der Waals surface area contributed by atoms with Gasteiger partial charge in [-0.3, -0.25) is 0 Å². The van der Waals surface area contributed by atoms with Gasteiger partial charge >= 0.3 is 5.97 Å². The highest BCUT2D eigenvalue weighted by atomic mass is 16.5. The van der Waals surface area contributed by atoms with E-state index < -0.39 is 0 Å². The molecule has 0 spiro atoms. The van der Waals surface area contributed by atoms with Crippen molar-refractivity contribution < 1.29 is 14.3 Å². The second-order valence-corrected chi connectivity index (χ2v) is 9.73. The standard InChI is InChI=1S/C31H33NO3/c1-4-34-31(33)30-29(25-11-8-10-24(18-25)21(2)3)27-13-5-6-14-28(27)32(30)19-23-9-7-12-26(17-23)35-20-22-15-16-22/h5-14,17-18,21-22H,4,15-16,19-20H2,1-3H3. The summed E-state index contributed by atoms with van der Waals surface area (Å²) in [4.78, 5) is 13.4. The van der Waals surface area contributed by atoms with Crippen molar-refractivity contribution in [3.05, 3.63) is 89.6 Å². The fourth-order valence-corrected chi connectivity index (χ4v) is 4.64. The highest BCUT2D eigenvalue weighted by Crippen LogP contribution is 2.37. The van der Waals surface area contributed by atoms with Crippen molar-refractivity contribution in [2.75, 3.05) is 13.2 Å². The van der Waals surface area contributed by atoms with Crippen LogP contribution in [0.25, 0.3) is 22.0 Å². The largest absolute Gasteiger partial charge is 0.493 e. The number of carbonyl (C=O) groups is 1. The normalized spacial score (nSPS) is 13.4. The molecule has 1 aromatic heterocycles. The van der Waals surface area contributed by atoms with Crippen LogP contribution in [-0.4, -0.2) is 23.8 Å². The molecule has 4 heteroatoms. The van der Waals surface area contributed by atoms with Gasteiger partial charge in [-0.2, -0.15) is 0 Å². The molecule has 4 nitrogen and oxygen atoms in total. The lowest BCUT2D eigenvalue weighted by atomic mass is 9.96. The Morgan fingerprint density at radius 2 is 1.80 bits per heavy atom. The summed E-state index contributed by atoms with van der Waals surface area (Å²) < 4.78 is 13.7. The Bertz CT molecular complexity index is 1350. The number of aromatic nitrogens is 1. The quantitative estimate of drug-likeness (QED) is 0.240. The molecule has 4 aromatic rings. The number of fused-ring (bicyclic) bond motifs is 1. The van der Waals surface area contributed by atoms with Crippen molar-refractivity contribution in [3.63, 3.8) is 0 Å². The van der Waals surface area contributed by atoms with E-state index in [2.05, 4.69) is 66.9 Å². The first kappa shape index (κ1) is 23.2. The third kappa shape index (κ3) is 4.97. The number of nitrogens with zero attached hydrogens (tertiary/aromatic N) is 1. The summed E-state index contributed by atoms with van der Waals surface area (Å²) in [6, 6.07) is 25.0. The number of benzene rings is 3. The Morgan fingerprint density at radius 1 is 1.00 bits per heavy atom. The van der Waals surface area contributed by atoms with Crippen LogP contribution < -0.4 is 4.74 Å². The van der Waals surface area contributed by atoms with Gasteiger partial charge in [0.1, 0.15) is 11.4 Å². The average Bonchev–Trinajstić information content (AvgIpc) is 3.65. The molecule has 0 bridgehead atoms. The zero-order chi connectivity index (χ0) is 24.4. The number of para-hydroxylation sites is 1. The van der Waals surface area contributed by atoms with E-state index >= 15 is 0 Å². The second kappa shape index (κ2) is 9.99. The summed E-state index contributed by atoms with van der Waals surface area (Å²) in [5.74, 6) is 1.68. The summed E-state index contributed by atoms with van der Waals surface area (Å²) in [6.07, 6.45) is 2.53. The van der Waals surface area contributed by atoms with Gasteiger partial charge < -0.3 is 14.0 Å². The maximum Gasteiger partial charge on any atom is 0.355 e. The first-order valence-electron chi connectivity index (χ1n) is 12.7. The molecule has 1 aliphatic rings. The summed E-state index contributed by atoms with van der Waals surface area (Å²) in [7, 11) is 0. The molecule has 5 rings (SSSR count). The molecule has 0 atom stereocenters. The van der Waals surface area contributed by atoms with E-state index in [9.17, 15) is 4.79 Å². The lowest BCUT2D eigenvalue weighted by Gasteiger charge is -2.14. The summed E-state index contributed by atoms with van der Waals surface area (Å²) in [6.45, 7) is 7.89. The molecule has 1 fully saturated rings. The molecule has 0 amide bonds. The van der Waals surface area contributed by atoms with Crippen molar-refractivity contribution in [1.29, 1.82) is 0 Å². The molecule has 0 unspecified atom stereocenters. The zero-order valence-electron chi connectivity index (χ0n) is 20.8. The van der Waals surface area contributed by atoms with Gasteiger partial charge in [0.25, 0.3) is 0 Å². The molecular weight excluding hydrogens is 434 g/mol. The van der Waals surface area contributed by atoms with Crippen LogP contribution in [0, 0.1) is 5.92 Å². The molecule has 1 heterocycles. The van der Waals surface area contributed by atoms with Gasteiger partial charge in [-0.1, -0.05) is 68.4 Å². The highest BCUT2D eigenvalue weighted by molar-refractivity contribution is 6.08. The number of carbonyl (C=O) groups excluding carboxylic acids is 1. The van der Waals surface area contributed by atoms with E-state index in [-0.39, 0.29) is 5.97 Å². The smallest absolute Gasteiger partial charge is 0.355 e. The molecule has 1 saturated carbocycles. The van der Waals surface area contributed by atoms with Gasteiger partial charge in [-0.15, -0.1) is 0 Å². The van der Waals surface area contributed by atoms with Crippen molar-refractivity contribution in [2.45, 2.75) is 46.1 Å². The van der Waals surface area contributed by atoms with Crippen LogP contribution in [0.3, 0.4) is 0 Å². The minimum Gasteiger partial charge on any atom is -0.493 e. The first-order chi connectivity index (χ1) is 17.0. The maximum atomic E-state index is 13.4. The number of rotatable bonds is 9. The van der Waals surface area contributed by atoms with E-state index in [1.807, 2.05) is 31.2 Å². The molecule has 35 heavy (non-hydrogen) atoms. The number of hydrogen-bond acceptors (Lipinski definition) is 3. The molecule has 3 aromatic carbocycles. The third-order valence-electron chi connectivity index (χ3n) is 6.70. The Hall–Kier alpha value is -3.53. The van der Waals surface area contributed by atoms with Gasteiger partial charge in [0.05, 0.1) is 13.2 Å². The summed E-state index contributed by atoms with van der Waals surface area (Å²) in [5.41, 5.74) is 5.92. The Morgan fingerprint density at radius 3 is 2.57 bits per heavy atom. The molecule has 0 saturated heterocycles. The van der Waals surface area contributed by atoms with Crippen LogP contribution >= 0.6 is 0 Å². The zero-order valence-corrected chi connectivity index (χ0v) is 20.8. The number of esters is 1. The maximum absolute atomic E-state index is 13.4. The molecule has 0 radical (unpaired) electrons. The average molecular weight is 468 g/mol. The van der Waals surface area contributed by atoms with Crippen LogP contribution in [0.1, 0.15) is 61.1 Å². The summed E-state index contributed by atoms with van der Waals surface area (Å²) >= 11 is 0. The van der Waals surface area contributed by atoms with Crippen molar-refractivity contribution in [3.8, 4) is 16.9 Å². The Balaban J connectivity index is 1.63. The molecule has 180 valence electrons. The Labute approximate surface area is 207 Å². The van der Waals surface area contributed by atoms with E-state index in [1.165, 1.54) is 18.4 Å². The third-order valence-corrected chi connectivity index (χ3v) is 6.70. The highest BCUT2D eigenvalue weighted by Gasteiger charge is 2.26. The molecule has 0 aliphatic heterocycles. The lowest BCUT2D eigenvalue weighted by Crippen LogP contribution is -2.14. The predicted octanol–water partition coefficient (Wildman–Crippen LogP) is 7.45. The fourth-order valence-electron chi connectivity index (χ4n) is 4.64. The predicted molar refractivity (Wildman–Crippen MR) is 141 cm³/mol. The van der Waals surface area contributed by atoms with Crippen LogP contribution in [0.2, 0.25) is 0 Å². The van der Waals surface area contributed by atoms with E-state index in [0.29, 0.717) is 30.7 Å². The van der Waals surface area contributed by atoms with Gasteiger partial charge in [-0.05, 0) is 66.5 Å².